The van der Waals surface area contributed by atoms with Gasteiger partial charge in [-0.2, -0.15) is 0 Å². The molecule has 12 heteroatoms. The van der Waals surface area contributed by atoms with Crippen LogP contribution in [0.4, 0.5) is 0 Å². The molecule has 0 bridgehead atoms. The fraction of sp³-hybridized carbons (Fsp3) is 0.762. The normalized spacial score (nSPS) is 40.6. The van der Waals surface area contributed by atoms with Gasteiger partial charge in [-0.1, -0.05) is 46.4 Å². The maximum atomic E-state index is 13.8. The molecule has 1 saturated carbocycles. The first kappa shape index (κ1) is 42.7. The van der Waals surface area contributed by atoms with Crippen LogP contribution in [-0.4, -0.2) is 112 Å². The summed E-state index contributed by atoms with van der Waals surface area (Å²) in [6.07, 6.45) is 6.52. The molecule has 12 nitrogen and oxygen atoms in total. The van der Waals surface area contributed by atoms with Crippen molar-refractivity contribution in [3.63, 3.8) is 0 Å². The zero-order valence-corrected chi connectivity index (χ0v) is 33.1. The van der Waals surface area contributed by atoms with E-state index in [4.69, 9.17) is 23.7 Å². The lowest BCUT2D eigenvalue weighted by Crippen LogP contribution is -2.52. The third-order valence-corrected chi connectivity index (χ3v) is 13.1. The quantitative estimate of drug-likeness (QED) is 0.0942. The SMILES string of the molecule is C=C1OC(O)=C(C(=O)C(OC)C2C(/C=C(\CO)C3CCC(C)C(/C(C)=C/CC4OC(C)(C5CCC(C(O)CC)O5)CC4C)O3)CC(C)C(O)C2CO)C1=O. The monoisotopic (exact) mass is 760 g/mol. The van der Waals surface area contributed by atoms with Crippen molar-refractivity contribution in [2.45, 2.75) is 147 Å². The number of hydrogen-bond donors (Lipinski definition) is 5. The predicted octanol–water partition coefficient (Wildman–Crippen LogP) is 4.64. The lowest BCUT2D eigenvalue weighted by molar-refractivity contribution is -0.141. The van der Waals surface area contributed by atoms with Gasteiger partial charge < -0.3 is 49.2 Å². The van der Waals surface area contributed by atoms with Gasteiger partial charge in [0.15, 0.2) is 11.3 Å². The molecule has 5 N–H and O–H groups in total. The number of methoxy groups -OCH3 is 1. The van der Waals surface area contributed by atoms with Gasteiger partial charge in [0.25, 0.3) is 5.95 Å². The first-order valence-electron chi connectivity index (χ1n) is 19.9. The van der Waals surface area contributed by atoms with Gasteiger partial charge in [0, 0.05) is 25.6 Å². The highest BCUT2D eigenvalue weighted by molar-refractivity contribution is 6.28. The molecule has 3 saturated heterocycles. The molecule has 0 spiro atoms. The van der Waals surface area contributed by atoms with E-state index < -0.39 is 77.5 Å². The molecule has 15 unspecified atom stereocenters. The van der Waals surface area contributed by atoms with Gasteiger partial charge >= 0.3 is 0 Å². The highest BCUT2D eigenvalue weighted by Crippen LogP contribution is 2.46. The van der Waals surface area contributed by atoms with Gasteiger partial charge in [-0.15, -0.1) is 0 Å². The summed E-state index contributed by atoms with van der Waals surface area (Å²) < 4.78 is 30.4. The molecule has 15 atom stereocenters. The zero-order valence-electron chi connectivity index (χ0n) is 33.1. The summed E-state index contributed by atoms with van der Waals surface area (Å²) in [5, 5.41) is 53.1. The van der Waals surface area contributed by atoms with E-state index in [2.05, 4.69) is 40.3 Å². The van der Waals surface area contributed by atoms with E-state index in [0.717, 1.165) is 37.7 Å². The molecule has 0 radical (unpaired) electrons. The molecule has 0 aromatic rings. The molecule has 4 aliphatic heterocycles. The van der Waals surface area contributed by atoms with E-state index in [1.807, 2.05) is 19.9 Å². The highest BCUT2D eigenvalue weighted by Gasteiger charge is 2.51. The number of rotatable bonds is 14. The topological polar surface area (TPSA) is 181 Å². The van der Waals surface area contributed by atoms with Crippen LogP contribution >= 0.6 is 0 Å². The second kappa shape index (κ2) is 17.8. The van der Waals surface area contributed by atoms with Crippen LogP contribution in [-0.2, 0) is 33.3 Å². The maximum Gasteiger partial charge on any atom is 0.297 e. The van der Waals surface area contributed by atoms with Crippen molar-refractivity contribution in [3.8, 4) is 0 Å². The predicted molar refractivity (Wildman–Crippen MR) is 200 cm³/mol. The summed E-state index contributed by atoms with van der Waals surface area (Å²) >= 11 is 0. The molecule has 5 aliphatic rings. The number of allylic oxidation sites excluding steroid dienone is 2. The summed E-state index contributed by atoms with van der Waals surface area (Å²) in [7, 11) is 1.31. The molecule has 0 aromatic carbocycles. The van der Waals surface area contributed by atoms with Gasteiger partial charge in [0.05, 0.1) is 54.9 Å². The second-order valence-corrected chi connectivity index (χ2v) is 16.9. The van der Waals surface area contributed by atoms with Crippen LogP contribution in [0.25, 0.3) is 0 Å². The summed E-state index contributed by atoms with van der Waals surface area (Å²) in [5.74, 6) is -4.68. The Balaban J connectivity index is 1.32. The van der Waals surface area contributed by atoms with Gasteiger partial charge in [0.1, 0.15) is 6.10 Å². The van der Waals surface area contributed by atoms with Crippen LogP contribution < -0.4 is 0 Å². The van der Waals surface area contributed by atoms with Crippen molar-refractivity contribution >= 4 is 11.6 Å². The van der Waals surface area contributed by atoms with Crippen LogP contribution in [0, 0.1) is 35.5 Å². The molecule has 0 amide bonds. The minimum atomic E-state index is -1.32. The Hall–Kier alpha value is -2.42. The molecule has 304 valence electrons. The number of carbonyl (C=O) groups excluding carboxylic acids is 2. The van der Waals surface area contributed by atoms with E-state index in [-0.39, 0.29) is 48.6 Å². The van der Waals surface area contributed by atoms with Crippen molar-refractivity contribution in [1.82, 2.24) is 0 Å². The lowest BCUT2D eigenvalue weighted by atomic mass is 9.63. The maximum absolute atomic E-state index is 13.8. The Morgan fingerprint density at radius 3 is 2.43 bits per heavy atom. The van der Waals surface area contributed by atoms with Gasteiger partial charge in [-0.05, 0) is 100 Å². The molecule has 0 aromatic heterocycles. The Kier molecular flexibility index (Phi) is 14.1. The highest BCUT2D eigenvalue weighted by atomic mass is 16.6. The fourth-order valence-electron chi connectivity index (χ4n) is 9.96. The standard InChI is InChI=1S/C42H64O12/c1-9-29(45)32-14-15-33(52-32)42(7)18-24(5)30(54-42)12-10-21(2)39-22(3)11-13-31(53-39)27(19-43)17-26-16-23(4)36(46)28(20-44)34(26)40(50-8)38(48)35-37(47)25(6)51-41(35)49/h10,17,22-24,26,28-34,36,39-40,43-46,49H,6,9,11-16,18-20H2,1-5,7-8H3/b21-10+,27-17+. The van der Waals surface area contributed by atoms with Crippen LogP contribution in [0.15, 0.2) is 47.2 Å². The number of aliphatic hydroxyl groups excluding tert-OH is 5. The Morgan fingerprint density at radius 2 is 1.81 bits per heavy atom. The second-order valence-electron chi connectivity index (χ2n) is 16.9. The van der Waals surface area contributed by atoms with Crippen LogP contribution in [0.2, 0.25) is 0 Å². The first-order valence-corrected chi connectivity index (χ1v) is 19.9. The van der Waals surface area contributed by atoms with E-state index in [9.17, 15) is 35.1 Å². The number of ketones is 2. The van der Waals surface area contributed by atoms with Crippen molar-refractivity contribution in [2.24, 2.45) is 35.5 Å². The molecule has 4 heterocycles. The van der Waals surface area contributed by atoms with E-state index in [1.165, 1.54) is 7.11 Å². The smallest absolute Gasteiger partial charge is 0.297 e. The molecule has 1 aliphatic carbocycles. The van der Waals surface area contributed by atoms with Crippen molar-refractivity contribution in [3.05, 3.63) is 47.2 Å². The van der Waals surface area contributed by atoms with Crippen molar-refractivity contribution in [2.75, 3.05) is 20.3 Å². The number of aliphatic hydroxyl groups is 5. The van der Waals surface area contributed by atoms with Gasteiger partial charge in [-0.3, -0.25) is 9.59 Å². The summed E-state index contributed by atoms with van der Waals surface area (Å²) in [6.45, 7) is 15.1. The number of Topliss-reactive ketones (excluding diaryl/α,β-unsaturated/α-hetero) is 2. The van der Waals surface area contributed by atoms with Crippen molar-refractivity contribution < 1.29 is 58.8 Å². The lowest BCUT2D eigenvalue weighted by Gasteiger charge is -2.46. The van der Waals surface area contributed by atoms with E-state index >= 15 is 0 Å². The average Bonchev–Trinajstić information content (AvgIpc) is 3.83. The molecular weight excluding hydrogens is 696 g/mol. The number of carbonyl (C=O) groups is 2. The first-order chi connectivity index (χ1) is 25.6. The summed E-state index contributed by atoms with van der Waals surface area (Å²) in [5.41, 5.74) is 0.741. The van der Waals surface area contributed by atoms with Crippen LogP contribution in [0.1, 0.15) is 92.9 Å². The summed E-state index contributed by atoms with van der Waals surface area (Å²) in [6, 6.07) is 0. The zero-order chi connectivity index (χ0) is 39.6. The van der Waals surface area contributed by atoms with Crippen LogP contribution in [0.5, 0.6) is 0 Å². The van der Waals surface area contributed by atoms with E-state index in [0.29, 0.717) is 30.8 Å². The molecule has 5 rings (SSSR count). The fourth-order valence-corrected chi connectivity index (χ4v) is 9.96. The van der Waals surface area contributed by atoms with Gasteiger partial charge in [-0.25, -0.2) is 0 Å². The minimum absolute atomic E-state index is 0.0182. The number of ether oxygens (including phenoxy) is 5. The van der Waals surface area contributed by atoms with Crippen molar-refractivity contribution in [1.29, 1.82) is 0 Å². The summed E-state index contributed by atoms with van der Waals surface area (Å²) in [4.78, 5) is 26.5. The Morgan fingerprint density at radius 1 is 1.09 bits per heavy atom. The molecule has 4 fully saturated rings. The minimum Gasteiger partial charge on any atom is -0.480 e. The third-order valence-electron chi connectivity index (χ3n) is 13.1. The Bertz CT molecular complexity index is 1470. The molecular formula is C42H64O12. The van der Waals surface area contributed by atoms with Gasteiger partial charge in [0.2, 0.25) is 11.6 Å². The van der Waals surface area contributed by atoms with Crippen LogP contribution in [0.3, 0.4) is 0 Å². The Labute approximate surface area is 320 Å². The molecule has 54 heavy (non-hydrogen) atoms. The third kappa shape index (κ3) is 8.61. The number of hydrogen-bond acceptors (Lipinski definition) is 12. The average molecular weight is 761 g/mol. The van der Waals surface area contributed by atoms with E-state index in [1.54, 1.807) is 0 Å². The largest absolute Gasteiger partial charge is 0.480 e.